The predicted molar refractivity (Wildman–Crippen MR) is 68.7 cm³/mol. The SMILES string of the molecule is CNCCOCC[N+](C)(C)CCOP(O)OC. The molecule has 0 aromatic heterocycles. The maximum atomic E-state index is 9.11. The molecule has 2 N–H and O–H groups in total. The third kappa shape index (κ3) is 11.0. The number of ether oxygens (including phenoxy) is 1. The maximum absolute atomic E-state index is 9.11. The van der Waals surface area contributed by atoms with E-state index in [1.807, 2.05) is 7.05 Å². The minimum atomic E-state index is -1.70. The molecule has 1 unspecified atom stereocenters. The fraction of sp³-hybridized carbons (Fsp3) is 1.00. The fourth-order valence-corrected chi connectivity index (χ4v) is 1.46. The number of nitrogens with zero attached hydrogens (tertiary/aromatic N) is 1. The van der Waals surface area contributed by atoms with Crippen LogP contribution in [0.2, 0.25) is 0 Å². The van der Waals surface area contributed by atoms with E-state index in [2.05, 4.69) is 23.9 Å². The van der Waals surface area contributed by atoms with Crippen LogP contribution in [0.4, 0.5) is 0 Å². The van der Waals surface area contributed by atoms with Gasteiger partial charge in [-0.15, -0.1) is 0 Å². The number of likely N-dealkylation sites (N-methyl/N-ethyl adjacent to an activating group) is 2. The van der Waals surface area contributed by atoms with Crippen molar-refractivity contribution in [2.75, 3.05) is 67.7 Å². The Hall–Kier alpha value is 0.190. The highest BCUT2D eigenvalue weighted by Gasteiger charge is 2.15. The molecule has 0 aromatic rings. The molecule has 0 saturated heterocycles. The summed E-state index contributed by atoms with van der Waals surface area (Å²) in [5.41, 5.74) is 0. The molecule has 104 valence electrons. The van der Waals surface area contributed by atoms with Crippen LogP contribution in [0, 0.1) is 0 Å². The highest BCUT2D eigenvalue weighted by Crippen LogP contribution is 2.30. The molecule has 0 radical (unpaired) electrons. The van der Waals surface area contributed by atoms with Gasteiger partial charge in [-0.1, -0.05) is 0 Å². The van der Waals surface area contributed by atoms with Crippen LogP contribution in [0.15, 0.2) is 0 Å². The predicted octanol–water partition coefficient (Wildman–Crippen LogP) is 0.181. The molecule has 6 nitrogen and oxygen atoms in total. The van der Waals surface area contributed by atoms with E-state index in [4.69, 9.17) is 14.2 Å². The Morgan fingerprint density at radius 1 is 1.18 bits per heavy atom. The molecule has 1 atom stereocenters. The van der Waals surface area contributed by atoms with Gasteiger partial charge in [0.15, 0.2) is 0 Å². The number of rotatable bonds is 11. The summed E-state index contributed by atoms with van der Waals surface area (Å²) in [6.45, 7) is 4.56. The van der Waals surface area contributed by atoms with Crippen LogP contribution >= 0.6 is 8.60 Å². The quantitative estimate of drug-likeness (QED) is 0.318. The summed E-state index contributed by atoms with van der Waals surface area (Å²) < 4.78 is 16.0. The second-order valence-corrected chi connectivity index (χ2v) is 5.45. The first-order valence-electron chi connectivity index (χ1n) is 5.72. The summed E-state index contributed by atoms with van der Waals surface area (Å²) in [5.74, 6) is 0. The monoisotopic (exact) mass is 269 g/mol. The van der Waals surface area contributed by atoms with Crippen LogP contribution in [0.3, 0.4) is 0 Å². The molecule has 0 spiro atoms. The molecular weight excluding hydrogens is 243 g/mol. The summed E-state index contributed by atoms with van der Waals surface area (Å²) in [5, 5.41) is 3.03. The lowest BCUT2D eigenvalue weighted by Crippen LogP contribution is -2.44. The van der Waals surface area contributed by atoms with Gasteiger partial charge in [-0.05, 0) is 7.05 Å². The van der Waals surface area contributed by atoms with Gasteiger partial charge in [-0.2, -0.15) is 0 Å². The lowest BCUT2D eigenvalue weighted by Gasteiger charge is -2.29. The molecule has 0 rings (SSSR count). The molecule has 0 aliphatic heterocycles. The van der Waals surface area contributed by atoms with Crippen LogP contribution < -0.4 is 5.32 Å². The highest BCUT2D eigenvalue weighted by molar-refractivity contribution is 7.40. The Labute approximate surface area is 105 Å². The average Bonchev–Trinajstić information content (AvgIpc) is 2.28. The lowest BCUT2D eigenvalue weighted by molar-refractivity contribution is -0.890. The summed E-state index contributed by atoms with van der Waals surface area (Å²) in [6, 6.07) is 0. The van der Waals surface area contributed by atoms with Crippen LogP contribution in [-0.4, -0.2) is 77.1 Å². The molecular formula is C10H26N2O4P+. The molecule has 0 bridgehead atoms. The second kappa shape index (κ2) is 10.1. The molecule has 0 fully saturated rings. The minimum Gasteiger partial charge on any atom is -0.374 e. The van der Waals surface area contributed by atoms with E-state index in [0.717, 1.165) is 37.3 Å². The number of hydrogen-bond acceptors (Lipinski definition) is 5. The molecule has 0 aliphatic carbocycles. The first-order valence-corrected chi connectivity index (χ1v) is 6.85. The highest BCUT2D eigenvalue weighted by atomic mass is 31.2. The van der Waals surface area contributed by atoms with Gasteiger partial charge in [0.25, 0.3) is 0 Å². The van der Waals surface area contributed by atoms with Gasteiger partial charge in [0.2, 0.25) is 0 Å². The Bertz CT molecular complexity index is 184. The van der Waals surface area contributed by atoms with Crippen LogP contribution in [0.1, 0.15) is 0 Å². The molecule has 0 heterocycles. The summed E-state index contributed by atoms with van der Waals surface area (Å²) in [6.07, 6.45) is 0. The van der Waals surface area contributed by atoms with Crippen molar-refractivity contribution in [1.82, 2.24) is 5.32 Å². The molecule has 17 heavy (non-hydrogen) atoms. The van der Waals surface area contributed by atoms with Gasteiger partial charge in [0.05, 0.1) is 27.3 Å². The van der Waals surface area contributed by atoms with Crippen molar-refractivity contribution in [3.63, 3.8) is 0 Å². The van der Waals surface area contributed by atoms with Crippen molar-refractivity contribution in [2.24, 2.45) is 0 Å². The minimum absolute atomic E-state index is 0.486. The molecule has 0 aliphatic rings. The van der Waals surface area contributed by atoms with Crippen molar-refractivity contribution >= 4 is 8.60 Å². The molecule has 0 aromatic carbocycles. The first kappa shape index (κ1) is 17.2. The summed E-state index contributed by atoms with van der Waals surface area (Å²) in [4.78, 5) is 9.11. The van der Waals surface area contributed by atoms with Crippen LogP contribution in [0.25, 0.3) is 0 Å². The van der Waals surface area contributed by atoms with E-state index in [0.29, 0.717) is 6.61 Å². The number of nitrogens with one attached hydrogen (secondary N) is 1. The van der Waals surface area contributed by atoms with E-state index in [9.17, 15) is 0 Å². The Morgan fingerprint density at radius 2 is 1.82 bits per heavy atom. The van der Waals surface area contributed by atoms with Crippen molar-refractivity contribution in [1.29, 1.82) is 0 Å². The van der Waals surface area contributed by atoms with Crippen molar-refractivity contribution in [3.05, 3.63) is 0 Å². The standard InChI is InChI=1S/C10H26N2O4P/c1-11-5-8-15-9-6-12(2,3)7-10-16-17(13)14-4/h11,13H,5-10H2,1-4H3/q+1. The fourth-order valence-electron chi connectivity index (χ4n) is 1.12. The van der Waals surface area contributed by atoms with Crippen LogP contribution in [-0.2, 0) is 13.8 Å². The third-order valence-corrected chi connectivity index (χ3v) is 3.11. The van der Waals surface area contributed by atoms with Gasteiger partial charge in [0, 0.05) is 13.7 Å². The van der Waals surface area contributed by atoms with Gasteiger partial charge in [0.1, 0.15) is 19.7 Å². The molecule has 0 amide bonds. The van der Waals surface area contributed by atoms with Crippen molar-refractivity contribution in [3.8, 4) is 0 Å². The largest absolute Gasteiger partial charge is 0.374 e. The zero-order chi connectivity index (χ0) is 13.1. The number of quaternary nitrogens is 1. The second-order valence-electron chi connectivity index (χ2n) is 4.35. The van der Waals surface area contributed by atoms with E-state index < -0.39 is 8.60 Å². The zero-order valence-electron chi connectivity index (χ0n) is 11.3. The topological polar surface area (TPSA) is 60.0 Å². The maximum Gasteiger partial charge on any atom is 0.329 e. The lowest BCUT2D eigenvalue weighted by atomic mass is 10.4. The zero-order valence-corrected chi connectivity index (χ0v) is 12.2. The molecule has 7 heteroatoms. The smallest absolute Gasteiger partial charge is 0.329 e. The van der Waals surface area contributed by atoms with E-state index in [1.165, 1.54) is 7.11 Å². The third-order valence-electron chi connectivity index (χ3n) is 2.39. The van der Waals surface area contributed by atoms with Gasteiger partial charge in [-0.25, -0.2) is 0 Å². The van der Waals surface area contributed by atoms with Gasteiger partial charge < -0.3 is 28.5 Å². The Balaban J connectivity index is 3.51. The van der Waals surface area contributed by atoms with E-state index in [1.54, 1.807) is 0 Å². The summed E-state index contributed by atoms with van der Waals surface area (Å²) >= 11 is 0. The first-order chi connectivity index (χ1) is 8.02. The van der Waals surface area contributed by atoms with E-state index in [-0.39, 0.29) is 0 Å². The normalized spacial score (nSPS) is 13.9. The summed E-state index contributed by atoms with van der Waals surface area (Å²) in [7, 11) is 5.85. The van der Waals surface area contributed by atoms with Gasteiger partial charge in [-0.3, -0.25) is 0 Å². The van der Waals surface area contributed by atoms with Crippen LogP contribution in [0.5, 0.6) is 0 Å². The Kier molecular flexibility index (Phi) is 10.3. The van der Waals surface area contributed by atoms with Gasteiger partial charge >= 0.3 is 8.60 Å². The van der Waals surface area contributed by atoms with Crippen molar-refractivity contribution in [2.45, 2.75) is 0 Å². The van der Waals surface area contributed by atoms with E-state index >= 15 is 0 Å². The molecule has 0 saturated carbocycles. The van der Waals surface area contributed by atoms with Crippen molar-refractivity contribution < 1.29 is 23.2 Å². The Morgan fingerprint density at radius 3 is 2.41 bits per heavy atom. The average molecular weight is 269 g/mol. The number of hydrogen-bond donors (Lipinski definition) is 2.